The number of piperazine rings is 1. The number of hydrogen-bond acceptors (Lipinski definition) is 5. The van der Waals surface area contributed by atoms with E-state index in [0.717, 1.165) is 36.8 Å². The molecule has 2 aliphatic rings. The summed E-state index contributed by atoms with van der Waals surface area (Å²) in [5.74, 6) is 0.373. The van der Waals surface area contributed by atoms with E-state index in [-0.39, 0.29) is 11.8 Å². The molecule has 1 aromatic heterocycles. The Balaban J connectivity index is 1.23. The van der Waals surface area contributed by atoms with E-state index in [1.807, 2.05) is 53.4 Å². The fraction of sp³-hybridized carbons (Fsp3) is 0.320. The fourth-order valence-corrected chi connectivity index (χ4v) is 4.80. The van der Waals surface area contributed by atoms with Crippen LogP contribution in [0.3, 0.4) is 0 Å². The molecule has 5 rings (SSSR count). The number of fused-ring (bicyclic) bond motifs is 1. The molecule has 164 valence electrons. The first kappa shape index (κ1) is 20.8. The number of pyridine rings is 1. The van der Waals surface area contributed by atoms with Crippen molar-refractivity contribution in [3.8, 4) is 0 Å². The molecule has 0 unspecified atom stereocenters. The molecule has 1 aliphatic heterocycles. The number of anilines is 1. The number of benzene rings is 2. The van der Waals surface area contributed by atoms with Crippen LogP contribution in [0.2, 0.25) is 0 Å². The van der Waals surface area contributed by atoms with Gasteiger partial charge in [0.15, 0.2) is 0 Å². The maximum Gasteiger partial charge on any atom is 0.252 e. The van der Waals surface area contributed by atoms with Gasteiger partial charge in [-0.25, -0.2) is 4.98 Å². The standard InChI is InChI=1S/C25H26N4O2S/c30-24(29-14-12-28(13-15-29)19-6-2-1-3-7-19)17-32-23-16-21(25(31)26-18-10-11-18)20-8-4-5-9-22(20)27-23/h1-9,16,18H,10-15,17H2,(H,26,31). The molecule has 0 spiro atoms. The lowest BCUT2D eigenvalue weighted by Crippen LogP contribution is -2.49. The largest absolute Gasteiger partial charge is 0.368 e. The molecule has 0 bridgehead atoms. The highest BCUT2D eigenvalue weighted by atomic mass is 32.2. The smallest absolute Gasteiger partial charge is 0.252 e. The van der Waals surface area contributed by atoms with E-state index in [0.29, 0.717) is 35.5 Å². The third-order valence-electron chi connectivity index (χ3n) is 5.95. The van der Waals surface area contributed by atoms with Gasteiger partial charge in [0.25, 0.3) is 5.91 Å². The van der Waals surface area contributed by atoms with Crippen molar-refractivity contribution in [2.24, 2.45) is 0 Å². The monoisotopic (exact) mass is 446 g/mol. The van der Waals surface area contributed by atoms with Gasteiger partial charge in [0, 0.05) is 43.3 Å². The molecule has 0 atom stereocenters. The van der Waals surface area contributed by atoms with Crippen LogP contribution < -0.4 is 10.2 Å². The Kier molecular flexibility index (Phi) is 5.99. The van der Waals surface area contributed by atoms with Crippen molar-refractivity contribution in [3.05, 3.63) is 66.2 Å². The molecule has 1 saturated heterocycles. The summed E-state index contributed by atoms with van der Waals surface area (Å²) in [4.78, 5) is 34.5. The zero-order valence-corrected chi connectivity index (χ0v) is 18.7. The summed E-state index contributed by atoms with van der Waals surface area (Å²) < 4.78 is 0. The zero-order chi connectivity index (χ0) is 21.9. The summed E-state index contributed by atoms with van der Waals surface area (Å²) in [6.07, 6.45) is 2.09. The Morgan fingerprint density at radius 3 is 2.44 bits per heavy atom. The lowest BCUT2D eigenvalue weighted by molar-refractivity contribution is -0.128. The van der Waals surface area contributed by atoms with Crippen molar-refractivity contribution in [1.82, 2.24) is 15.2 Å². The van der Waals surface area contributed by atoms with E-state index in [1.54, 1.807) is 0 Å². The molecule has 2 heterocycles. The van der Waals surface area contributed by atoms with Crippen molar-refractivity contribution in [2.75, 3.05) is 36.8 Å². The molecule has 1 N–H and O–H groups in total. The van der Waals surface area contributed by atoms with E-state index in [9.17, 15) is 9.59 Å². The summed E-state index contributed by atoms with van der Waals surface area (Å²) in [5, 5.41) is 4.62. The molecule has 2 aromatic carbocycles. The first-order valence-electron chi connectivity index (χ1n) is 11.1. The topological polar surface area (TPSA) is 65.5 Å². The number of para-hydroxylation sites is 2. The van der Waals surface area contributed by atoms with Crippen LogP contribution in [0.5, 0.6) is 0 Å². The highest BCUT2D eigenvalue weighted by molar-refractivity contribution is 7.99. The average Bonchev–Trinajstić information content (AvgIpc) is 3.66. The van der Waals surface area contributed by atoms with Gasteiger partial charge in [-0.1, -0.05) is 48.2 Å². The van der Waals surface area contributed by atoms with Crippen molar-refractivity contribution in [3.63, 3.8) is 0 Å². The molecule has 2 fully saturated rings. The summed E-state index contributed by atoms with van der Waals surface area (Å²) >= 11 is 1.40. The summed E-state index contributed by atoms with van der Waals surface area (Å²) in [6.45, 7) is 3.10. The highest BCUT2D eigenvalue weighted by Gasteiger charge is 2.25. The molecule has 32 heavy (non-hydrogen) atoms. The molecule has 6 nitrogen and oxygen atoms in total. The molecule has 1 saturated carbocycles. The van der Waals surface area contributed by atoms with Crippen molar-refractivity contribution in [1.29, 1.82) is 0 Å². The number of thioether (sulfide) groups is 1. The predicted octanol–water partition coefficient (Wildman–Crippen LogP) is 3.57. The molecule has 7 heteroatoms. The van der Waals surface area contributed by atoms with E-state index in [2.05, 4.69) is 27.3 Å². The normalized spacial score (nSPS) is 16.2. The minimum absolute atomic E-state index is 0.0590. The van der Waals surface area contributed by atoms with Crippen LogP contribution in [0.15, 0.2) is 65.7 Å². The Hall–Kier alpha value is -3.06. The molecule has 3 aromatic rings. The lowest BCUT2D eigenvalue weighted by Gasteiger charge is -2.36. The van der Waals surface area contributed by atoms with E-state index in [4.69, 9.17) is 0 Å². The second-order valence-corrected chi connectivity index (χ2v) is 9.26. The van der Waals surface area contributed by atoms with E-state index >= 15 is 0 Å². The first-order chi connectivity index (χ1) is 15.7. The van der Waals surface area contributed by atoms with Crippen molar-refractivity contribution < 1.29 is 9.59 Å². The number of rotatable bonds is 6. The predicted molar refractivity (Wildman–Crippen MR) is 128 cm³/mol. The summed E-state index contributed by atoms with van der Waals surface area (Å²) in [6, 6.07) is 20.1. The lowest BCUT2D eigenvalue weighted by atomic mass is 10.1. The van der Waals surface area contributed by atoms with Crippen molar-refractivity contribution in [2.45, 2.75) is 23.9 Å². The second kappa shape index (κ2) is 9.20. The van der Waals surface area contributed by atoms with Crippen LogP contribution in [-0.4, -0.2) is 59.7 Å². The average molecular weight is 447 g/mol. The zero-order valence-electron chi connectivity index (χ0n) is 17.9. The van der Waals surface area contributed by atoms with Crippen LogP contribution in [0.4, 0.5) is 5.69 Å². The Morgan fingerprint density at radius 1 is 0.969 bits per heavy atom. The van der Waals surface area contributed by atoms with Gasteiger partial charge in [0.05, 0.1) is 21.9 Å². The molecule has 0 radical (unpaired) electrons. The number of carbonyl (C=O) groups excluding carboxylic acids is 2. The maximum absolute atomic E-state index is 12.8. The van der Waals surface area contributed by atoms with Gasteiger partial charge in [-0.05, 0) is 37.1 Å². The molecule has 1 aliphatic carbocycles. The summed E-state index contributed by atoms with van der Waals surface area (Å²) in [7, 11) is 0. The fourth-order valence-electron chi connectivity index (χ4n) is 3.98. The van der Waals surface area contributed by atoms with Crippen molar-refractivity contribution >= 4 is 40.2 Å². The second-order valence-electron chi connectivity index (χ2n) is 8.26. The first-order valence-corrected chi connectivity index (χ1v) is 12.1. The van der Waals surface area contributed by atoms with E-state index in [1.165, 1.54) is 17.4 Å². The van der Waals surface area contributed by atoms with Crippen LogP contribution in [-0.2, 0) is 4.79 Å². The number of aromatic nitrogens is 1. The number of carbonyl (C=O) groups is 2. The Labute approximate surface area is 192 Å². The van der Waals surface area contributed by atoms with Gasteiger partial charge in [-0.15, -0.1) is 0 Å². The van der Waals surface area contributed by atoms with Crippen LogP contribution in [0.25, 0.3) is 10.9 Å². The third kappa shape index (κ3) is 4.72. The van der Waals surface area contributed by atoms with Crippen LogP contribution >= 0.6 is 11.8 Å². The SMILES string of the molecule is O=C(NC1CC1)c1cc(SCC(=O)N2CCN(c3ccccc3)CC2)nc2ccccc12. The quantitative estimate of drug-likeness (QED) is 0.587. The highest BCUT2D eigenvalue weighted by Crippen LogP contribution is 2.26. The van der Waals surface area contributed by atoms with Crippen LogP contribution in [0.1, 0.15) is 23.2 Å². The third-order valence-corrected chi connectivity index (χ3v) is 6.84. The van der Waals surface area contributed by atoms with Gasteiger partial charge in [0.2, 0.25) is 5.91 Å². The minimum Gasteiger partial charge on any atom is -0.368 e. The summed E-state index contributed by atoms with van der Waals surface area (Å²) in [5.41, 5.74) is 2.61. The molecule has 2 amide bonds. The Bertz CT molecular complexity index is 1130. The number of hydrogen-bond donors (Lipinski definition) is 1. The number of nitrogens with zero attached hydrogens (tertiary/aromatic N) is 3. The van der Waals surface area contributed by atoms with Gasteiger partial charge in [-0.2, -0.15) is 0 Å². The van der Waals surface area contributed by atoms with E-state index < -0.39 is 0 Å². The van der Waals surface area contributed by atoms with Gasteiger partial charge >= 0.3 is 0 Å². The van der Waals surface area contributed by atoms with Crippen LogP contribution in [0, 0.1) is 0 Å². The number of nitrogens with one attached hydrogen (secondary N) is 1. The van der Waals surface area contributed by atoms with Gasteiger partial charge < -0.3 is 15.1 Å². The number of amides is 2. The minimum atomic E-state index is -0.0590. The molecular formula is C25H26N4O2S. The van der Waals surface area contributed by atoms with Gasteiger partial charge in [0.1, 0.15) is 0 Å². The van der Waals surface area contributed by atoms with Gasteiger partial charge in [-0.3, -0.25) is 9.59 Å². The Morgan fingerprint density at radius 2 is 1.69 bits per heavy atom. The maximum atomic E-state index is 12.8. The molecular weight excluding hydrogens is 420 g/mol.